The van der Waals surface area contributed by atoms with Gasteiger partial charge in [0.1, 0.15) is 16.9 Å². The Labute approximate surface area is 141 Å². The van der Waals surface area contributed by atoms with Crippen molar-refractivity contribution in [1.82, 2.24) is 10.3 Å². The second-order valence-corrected chi connectivity index (χ2v) is 5.92. The molecule has 1 aromatic heterocycles. The van der Waals surface area contributed by atoms with Gasteiger partial charge in [-0.25, -0.2) is 4.39 Å². The van der Waals surface area contributed by atoms with Crippen LogP contribution in [0.25, 0.3) is 0 Å². The standard InChI is InChI=1S/C17H17F4N3O/c1-2-22-8-6-16(17(19,20)21)11-5-7-23-15(25)14(11)24-13-4-3-10(18)9-12(13)16/h3-5,7,9,22,24H,2,6,8H2,1H3,(H,23,25). The molecular weight excluding hydrogens is 338 g/mol. The van der Waals surface area contributed by atoms with Gasteiger partial charge in [0.2, 0.25) is 0 Å². The molecule has 0 radical (unpaired) electrons. The fourth-order valence-corrected chi connectivity index (χ4v) is 3.39. The van der Waals surface area contributed by atoms with Gasteiger partial charge < -0.3 is 15.6 Å². The van der Waals surface area contributed by atoms with Crippen LogP contribution in [0.15, 0.2) is 35.3 Å². The van der Waals surface area contributed by atoms with Crippen molar-refractivity contribution in [2.75, 3.05) is 18.4 Å². The van der Waals surface area contributed by atoms with Gasteiger partial charge in [-0.2, -0.15) is 13.2 Å². The summed E-state index contributed by atoms with van der Waals surface area (Å²) in [7, 11) is 0. The Kier molecular flexibility index (Phi) is 4.32. The van der Waals surface area contributed by atoms with Crippen molar-refractivity contribution >= 4 is 11.4 Å². The Hall–Kier alpha value is -2.35. The third kappa shape index (κ3) is 2.70. The van der Waals surface area contributed by atoms with Crippen molar-refractivity contribution in [3.63, 3.8) is 0 Å². The number of aromatic amines is 1. The molecule has 1 aromatic carbocycles. The van der Waals surface area contributed by atoms with Crippen LogP contribution in [0.1, 0.15) is 24.5 Å². The van der Waals surface area contributed by atoms with E-state index < -0.39 is 23.0 Å². The lowest BCUT2D eigenvalue weighted by Crippen LogP contribution is -2.48. The molecule has 2 aromatic rings. The van der Waals surface area contributed by atoms with Crippen LogP contribution in [0.3, 0.4) is 0 Å². The first-order chi connectivity index (χ1) is 11.8. The molecule has 1 aliphatic rings. The van der Waals surface area contributed by atoms with Crippen molar-refractivity contribution in [2.45, 2.75) is 24.9 Å². The quantitative estimate of drug-likeness (QED) is 0.582. The van der Waals surface area contributed by atoms with E-state index in [0.29, 0.717) is 6.54 Å². The van der Waals surface area contributed by atoms with Crippen LogP contribution in [0, 0.1) is 5.82 Å². The summed E-state index contributed by atoms with van der Waals surface area (Å²) in [6, 6.07) is 4.43. The average molecular weight is 355 g/mol. The molecule has 8 heteroatoms. The number of hydrogen-bond acceptors (Lipinski definition) is 3. The minimum atomic E-state index is -4.71. The second kappa shape index (κ2) is 6.18. The topological polar surface area (TPSA) is 56.9 Å². The molecule has 2 heterocycles. The highest BCUT2D eigenvalue weighted by atomic mass is 19.4. The predicted octanol–water partition coefficient (Wildman–Crippen LogP) is 3.42. The molecule has 4 nitrogen and oxygen atoms in total. The van der Waals surface area contributed by atoms with E-state index in [-0.39, 0.29) is 35.5 Å². The average Bonchev–Trinajstić information content (AvgIpc) is 2.54. The van der Waals surface area contributed by atoms with Gasteiger partial charge in [0.05, 0.1) is 0 Å². The van der Waals surface area contributed by atoms with Gasteiger partial charge in [0.25, 0.3) is 5.56 Å². The smallest absolute Gasteiger partial charge is 0.351 e. The van der Waals surface area contributed by atoms with Crippen molar-refractivity contribution in [2.24, 2.45) is 0 Å². The van der Waals surface area contributed by atoms with Crippen LogP contribution in [0.2, 0.25) is 0 Å². The Morgan fingerprint density at radius 3 is 2.64 bits per heavy atom. The number of rotatable bonds is 4. The molecule has 0 bridgehead atoms. The molecule has 0 saturated heterocycles. The first kappa shape index (κ1) is 17.5. The molecular formula is C17H17F4N3O. The Balaban J connectivity index is 2.33. The first-order valence-corrected chi connectivity index (χ1v) is 7.88. The molecule has 0 saturated carbocycles. The molecule has 1 aliphatic heterocycles. The van der Waals surface area contributed by atoms with Crippen molar-refractivity contribution in [1.29, 1.82) is 0 Å². The highest BCUT2D eigenvalue weighted by molar-refractivity contribution is 5.75. The maximum absolute atomic E-state index is 14.4. The summed E-state index contributed by atoms with van der Waals surface area (Å²) in [5.74, 6) is -0.758. The summed E-state index contributed by atoms with van der Waals surface area (Å²) in [5, 5.41) is 5.61. The fourth-order valence-electron chi connectivity index (χ4n) is 3.39. The Bertz CT molecular complexity index is 847. The monoisotopic (exact) mass is 355 g/mol. The fraction of sp³-hybridized carbons (Fsp3) is 0.353. The van der Waals surface area contributed by atoms with Gasteiger partial charge in [-0.15, -0.1) is 0 Å². The molecule has 1 atom stereocenters. The molecule has 0 aliphatic carbocycles. The first-order valence-electron chi connectivity index (χ1n) is 7.88. The molecule has 25 heavy (non-hydrogen) atoms. The number of nitrogens with one attached hydrogen (secondary N) is 3. The van der Waals surface area contributed by atoms with Crippen molar-refractivity contribution < 1.29 is 17.6 Å². The lowest BCUT2D eigenvalue weighted by atomic mass is 9.68. The Morgan fingerprint density at radius 2 is 1.96 bits per heavy atom. The largest absolute Gasteiger partial charge is 0.402 e. The minimum Gasteiger partial charge on any atom is -0.351 e. The number of hydrogen-bond donors (Lipinski definition) is 3. The number of aromatic nitrogens is 1. The lowest BCUT2D eigenvalue weighted by molar-refractivity contribution is -0.179. The zero-order chi connectivity index (χ0) is 18.2. The molecule has 3 rings (SSSR count). The highest BCUT2D eigenvalue weighted by Crippen LogP contribution is 2.55. The summed E-state index contributed by atoms with van der Waals surface area (Å²) in [6.45, 7) is 2.36. The van der Waals surface area contributed by atoms with Crippen LogP contribution in [-0.2, 0) is 5.41 Å². The summed E-state index contributed by atoms with van der Waals surface area (Å²) >= 11 is 0. The van der Waals surface area contributed by atoms with E-state index in [4.69, 9.17) is 0 Å². The summed E-state index contributed by atoms with van der Waals surface area (Å²) in [5.41, 5.74) is -3.60. The zero-order valence-electron chi connectivity index (χ0n) is 13.4. The third-order valence-electron chi connectivity index (χ3n) is 4.53. The van der Waals surface area contributed by atoms with Gasteiger partial charge >= 0.3 is 6.18 Å². The predicted molar refractivity (Wildman–Crippen MR) is 86.7 cm³/mol. The van der Waals surface area contributed by atoms with Crippen LogP contribution in [0.4, 0.5) is 28.9 Å². The van der Waals surface area contributed by atoms with Gasteiger partial charge in [0.15, 0.2) is 0 Å². The highest BCUT2D eigenvalue weighted by Gasteiger charge is 2.60. The number of H-pyrrole nitrogens is 1. The summed E-state index contributed by atoms with van der Waals surface area (Å²) < 4.78 is 56.9. The van der Waals surface area contributed by atoms with Gasteiger partial charge in [-0.3, -0.25) is 4.79 Å². The van der Waals surface area contributed by atoms with E-state index >= 15 is 0 Å². The second-order valence-electron chi connectivity index (χ2n) is 5.92. The van der Waals surface area contributed by atoms with E-state index in [1.54, 1.807) is 6.92 Å². The lowest BCUT2D eigenvalue weighted by Gasteiger charge is -2.42. The van der Waals surface area contributed by atoms with E-state index in [2.05, 4.69) is 15.6 Å². The SMILES string of the molecule is CCNCCC1(C(F)(F)F)c2cc(F)ccc2Nc2c1cc[nH]c2=O. The van der Waals surface area contributed by atoms with Crippen LogP contribution >= 0.6 is 0 Å². The number of anilines is 2. The van der Waals surface area contributed by atoms with Gasteiger partial charge in [-0.1, -0.05) is 6.92 Å². The summed E-state index contributed by atoms with van der Waals surface area (Å²) in [4.78, 5) is 14.5. The summed E-state index contributed by atoms with van der Waals surface area (Å²) in [6.07, 6.45) is -3.88. The molecule has 0 spiro atoms. The zero-order valence-corrected chi connectivity index (χ0v) is 13.4. The van der Waals surface area contributed by atoms with Gasteiger partial charge in [0, 0.05) is 17.4 Å². The van der Waals surface area contributed by atoms with Crippen LogP contribution < -0.4 is 16.2 Å². The molecule has 0 fully saturated rings. The Morgan fingerprint density at radius 1 is 1.20 bits per heavy atom. The number of halogens is 4. The maximum atomic E-state index is 14.4. The van der Waals surface area contributed by atoms with Crippen molar-refractivity contribution in [3.8, 4) is 0 Å². The van der Waals surface area contributed by atoms with Crippen LogP contribution in [-0.4, -0.2) is 24.2 Å². The maximum Gasteiger partial charge on any atom is 0.402 e. The molecule has 3 N–H and O–H groups in total. The number of pyridine rings is 1. The van der Waals surface area contributed by atoms with Crippen LogP contribution in [0.5, 0.6) is 0 Å². The van der Waals surface area contributed by atoms with E-state index in [9.17, 15) is 22.4 Å². The van der Waals surface area contributed by atoms with E-state index in [1.165, 1.54) is 18.3 Å². The number of alkyl halides is 3. The van der Waals surface area contributed by atoms with Gasteiger partial charge in [-0.05, 0) is 49.3 Å². The molecule has 134 valence electrons. The number of benzene rings is 1. The molecule has 1 unspecified atom stereocenters. The molecule has 0 amide bonds. The number of fused-ring (bicyclic) bond motifs is 2. The normalized spacial score (nSPS) is 19.1. The minimum absolute atomic E-state index is 0.0677. The van der Waals surface area contributed by atoms with E-state index in [0.717, 1.165) is 12.1 Å². The van der Waals surface area contributed by atoms with Crippen molar-refractivity contribution in [3.05, 3.63) is 57.8 Å². The van der Waals surface area contributed by atoms with E-state index in [1.807, 2.05) is 0 Å². The third-order valence-corrected chi connectivity index (χ3v) is 4.53.